The summed E-state index contributed by atoms with van der Waals surface area (Å²) in [5.41, 5.74) is 6.08. The molecule has 0 fully saturated rings. The van der Waals surface area contributed by atoms with Crippen LogP contribution in [0.3, 0.4) is 0 Å². The molecule has 0 aliphatic heterocycles. The molecular weight excluding hydrogens is 234 g/mol. The van der Waals surface area contributed by atoms with Gasteiger partial charge in [0.15, 0.2) is 0 Å². The van der Waals surface area contributed by atoms with Crippen LogP contribution in [-0.2, 0) is 4.79 Å². The lowest BCUT2D eigenvalue weighted by Crippen LogP contribution is -2.41. The average molecular weight is 253 g/mol. The van der Waals surface area contributed by atoms with Gasteiger partial charge >= 0.3 is 0 Å². The van der Waals surface area contributed by atoms with Gasteiger partial charge in [-0.15, -0.1) is 0 Å². The molecule has 0 unspecified atom stereocenters. The molecule has 1 rings (SSSR count). The third-order valence-corrected chi connectivity index (χ3v) is 2.72. The van der Waals surface area contributed by atoms with Crippen LogP contribution in [0.25, 0.3) is 0 Å². The molecule has 0 aliphatic carbocycles. The van der Waals surface area contributed by atoms with Crippen molar-refractivity contribution in [2.24, 2.45) is 0 Å². The van der Waals surface area contributed by atoms with E-state index in [0.29, 0.717) is 13.1 Å². The Labute approximate surface area is 106 Å². The highest BCUT2D eigenvalue weighted by Gasteiger charge is 2.20. The predicted molar refractivity (Wildman–Crippen MR) is 67.9 cm³/mol. The number of hydrogen-bond acceptors (Lipinski definition) is 4. The number of nitrogens with zero attached hydrogens (tertiary/aromatic N) is 3. The van der Waals surface area contributed by atoms with Gasteiger partial charge in [-0.2, -0.15) is 5.10 Å². The van der Waals surface area contributed by atoms with Crippen LogP contribution >= 0.6 is 0 Å². The van der Waals surface area contributed by atoms with E-state index < -0.39 is 0 Å². The van der Waals surface area contributed by atoms with Crippen molar-refractivity contribution in [2.75, 3.05) is 32.4 Å². The molecule has 1 aromatic rings. The van der Waals surface area contributed by atoms with E-state index in [0.717, 1.165) is 0 Å². The fourth-order valence-corrected chi connectivity index (χ4v) is 1.61. The summed E-state index contributed by atoms with van der Waals surface area (Å²) in [7, 11) is 1.56. The highest BCUT2D eigenvalue weighted by molar-refractivity contribution is 5.98. The van der Waals surface area contributed by atoms with Crippen molar-refractivity contribution in [1.29, 1.82) is 0 Å². The zero-order valence-corrected chi connectivity index (χ0v) is 10.9. The molecule has 0 bridgehead atoms. The first-order valence-corrected chi connectivity index (χ1v) is 5.83. The van der Waals surface area contributed by atoms with E-state index in [2.05, 4.69) is 10.2 Å². The molecule has 100 valence electrons. The van der Waals surface area contributed by atoms with Gasteiger partial charge in [-0.25, -0.2) is 0 Å². The van der Waals surface area contributed by atoms with Gasteiger partial charge in [0.05, 0.1) is 18.4 Å². The van der Waals surface area contributed by atoms with Crippen LogP contribution in [0.15, 0.2) is 6.20 Å². The number of rotatable bonds is 5. The van der Waals surface area contributed by atoms with Crippen molar-refractivity contribution in [3.8, 4) is 0 Å². The molecule has 0 saturated carbocycles. The first kappa shape index (κ1) is 14.0. The van der Waals surface area contributed by atoms with Gasteiger partial charge in [0.1, 0.15) is 5.69 Å². The van der Waals surface area contributed by atoms with Crippen molar-refractivity contribution < 1.29 is 9.59 Å². The summed E-state index contributed by atoms with van der Waals surface area (Å²) in [6.45, 7) is 5.08. The maximum Gasteiger partial charge on any atom is 0.274 e. The van der Waals surface area contributed by atoms with Crippen molar-refractivity contribution >= 4 is 17.5 Å². The van der Waals surface area contributed by atoms with Gasteiger partial charge in [-0.3, -0.25) is 14.7 Å². The molecule has 0 radical (unpaired) electrons. The number of anilines is 1. The highest BCUT2D eigenvalue weighted by atomic mass is 16.2. The van der Waals surface area contributed by atoms with Crippen molar-refractivity contribution in [3.63, 3.8) is 0 Å². The third kappa shape index (κ3) is 2.99. The minimum absolute atomic E-state index is 0.0268. The SMILES string of the molecule is CCN(CC)C(=O)CN(C)C(=O)c1[nH]ncc1N. The summed E-state index contributed by atoms with van der Waals surface area (Å²) in [5, 5.41) is 6.20. The number of likely N-dealkylation sites (N-methyl/N-ethyl adjacent to an activating group) is 2. The number of hydrogen-bond donors (Lipinski definition) is 2. The van der Waals surface area contributed by atoms with Crippen molar-refractivity contribution in [1.82, 2.24) is 20.0 Å². The fourth-order valence-electron chi connectivity index (χ4n) is 1.61. The van der Waals surface area contributed by atoms with Crippen molar-refractivity contribution in [3.05, 3.63) is 11.9 Å². The Kier molecular flexibility index (Phi) is 4.70. The topological polar surface area (TPSA) is 95.3 Å². The number of aromatic amines is 1. The second-order valence-corrected chi connectivity index (χ2v) is 3.93. The fraction of sp³-hybridized carbons (Fsp3) is 0.545. The maximum atomic E-state index is 12.0. The molecule has 7 heteroatoms. The van der Waals surface area contributed by atoms with E-state index in [1.54, 1.807) is 11.9 Å². The molecule has 1 heterocycles. The molecule has 7 nitrogen and oxygen atoms in total. The Morgan fingerprint density at radius 1 is 1.39 bits per heavy atom. The summed E-state index contributed by atoms with van der Waals surface area (Å²) in [6.07, 6.45) is 1.37. The van der Waals surface area contributed by atoms with Crippen LogP contribution in [0.4, 0.5) is 5.69 Å². The number of amides is 2. The predicted octanol–water partition coefficient (Wildman–Crippen LogP) is -0.0677. The van der Waals surface area contributed by atoms with E-state index in [1.165, 1.54) is 11.1 Å². The minimum Gasteiger partial charge on any atom is -0.396 e. The number of carbonyl (C=O) groups is 2. The summed E-state index contributed by atoms with van der Waals surface area (Å²) in [5.74, 6) is -0.431. The second-order valence-electron chi connectivity index (χ2n) is 3.93. The number of carbonyl (C=O) groups excluding carboxylic acids is 2. The monoisotopic (exact) mass is 253 g/mol. The van der Waals surface area contributed by atoms with Gasteiger partial charge in [-0.05, 0) is 13.8 Å². The Morgan fingerprint density at radius 3 is 2.44 bits per heavy atom. The highest BCUT2D eigenvalue weighted by Crippen LogP contribution is 2.08. The van der Waals surface area contributed by atoms with Crippen LogP contribution in [-0.4, -0.2) is 58.5 Å². The molecule has 2 amide bonds. The lowest BCUT2D eigenvalue weighted by Gasteiger charge is -2.22. The van der Waals surface area contributed by atoms with E-state index >= 15 is 0 Å². The average Bonchev–Trinajstić information content (AvgIpc) is 2.76. The maximum absolute atomic E-state index is 12.0. The Balaban J connectivity index is 2.66. The van der Waals surface area contributed by atoms with Crippen LogP contribution in [0.5, 0.6) is 0 Å². The molecule has 0 atom stereocenters. The summed E-state index contributed by atoms with van der Waals surface area (Å²) >= 11 is 0. The molecule has 1 aromatic heterocycles. The summed E-state index contributed by atoms with van der Waals surface area (Å²) in [4.78, 5) is 26.8. The zero-order chi connectivity index (χ0) is 13.7. The zero-order valence-electron chi connectivity index (χ0n) is 10.9. The molecule has 18 heavy (non-hydrogen) atoms. The molecule has 0 aromatic carbocycles. The first-order chi connectivity index (χ1) is 8.51. The van der Waals surface area contributed by atoms with Crippen LogP contribution in [0, 0.1) is 0 Å². The van der Waals surface area contributed by atoms with Crippen LogP contribution in [0.2, 0.25) is 0 Å². The van der Waals surface area contributed by atoms with Gasteiger partial charge in [0, 0.05) is 20.1 Å². The lowest BCUT2D eigenvalue weighted by molar-refractivity contribution is -0.131. The number of nitrogens with one attached hydrogen (secondary N) is 1. The number of nitrogen functional groups attached to an aromatic ring is 1. The van der Waals surface area contributed by atoms with Crippen molar-refractivity contribution in [2.45, 2.75) is 13.8 Å². The first-order valence-electron chi connectivity index (χ1n) is 5.83. The minimum atomic E-state index is -0.342. The van der Waals surface area contributed by atoms with Crippen LogP contribution < -0.4 is 5.73 Å². The van der Waals surface area contributed by atoms with E-state index in [4.69, 9.17) is 5.73 Å². The summed E-state index contributed by atoms with van der Waals surface area (Å²) < 4.78 is 0. The summed E-state index contributed by atoms with van der Waals surface area (Å²) in [6, 6.07) is 0. The second kappa shape index (κ2) is 6.04. The standard InChI is InChI=1S/C11H19N5O2/c1-4-16(5-2)9(17)7-15(3)11(18)10-8(12)6-13-14-10/h6H,4-5,7,12H2,1-3H3,(H,13,14). The molecule has 0 spiro atoms. The normalized spacial score (nSPS) is 10.2. The Hall–Kier alpha value is -2.05. The quantitative estimate of drug-likeness (QED) is 0.768. The number of H-pyrrole nitrogens is 1. The van der Waals surface area contributed by atoms with Crippen LogP contribution in [0.1, 0.15) is 24.3 Å². The number of nitrogens with two attached hydrogens (primary N) is 1. The number of aromatic nitrogens is 2. The van der Waals surface area contributed by atoms with Gasteiger partial charge in [0.2, 0.25) is 5.91 Å². The molecule has 0 aliphatic rings. The molecule has 3 N–H and O–H groups in total. The molecule has 0 saturated heterocycles. The van der Waals surface area contributed by atoms with Gasteiger partial charge in [0.25, 0.3) is 5.91 Å². The Bertz CT molecular complexity index is 425. The Morgan fingerprint density at radius 2 is 2.00 bits per heavy atom. The van der Waals surface area contributed by atoms with Gasteiger partial charge < -0.3 is 15.5 Å². The van der Waals surface area contributed by atoms with E-state index in [-0.39, 0.29) is 29.7 Å². The largest absolute Gasteiger partial charge is 0.396 e. The molecular formula is C11H19N5O2. The van der Waals surface area contributed by atoms with Gasteiger partial charge in [-0.1, -0.05) is 0 Å². The van der Waals surface area contributed by atoms with E-state index in [9.17, 15) is 9.59 Å². The third-order valence-electron chi connectivity index (χ3n) is 2.72. The smallest absolute Gasteiger partial charge is 0.274 e. The lowest BCUT2D eigenvalue weighted by atomic mass is 10.3. The van der Waals surface area contributed by atoms with E-state index in [1.807, 2.05) is 13.8 Å².